The summed E-state index contributed by atoms with van der Waals surface area (Å²) in [6.07, 6.45) is 4.44. The number of esters is 1. The molecule has 0 spiro atoms. The van der Waals surface area contributed by atoms with Gasteiger partial charge in [0.15, 0.2) is 5.16 Å². The molecule has 2 fully saturated rings. The van der Waals surface area contributed by atoms with E-state index in [0.29, 0.717) is 33.7 Å². The molecule has 11 heteroatoms. The van der Waals surface area contributed by atoms with Gasteiger partial charge in [-0.1, -0.05) is 23.9 Å². The van der Waals surface area contributed by atoms with Crippen molar-refractivity contribution in [1.29, 1.82) is 0 Å². The number of methoxy groups -OCH3 is 1. The van der Waals surface area contributed by atoms with Crippen LogP contribution in [0.1, 0.15) is 47.8 Å². The molecule has 2 aliphatic rings. The molecule has 5 rings (SSSR count). The number of carbonyl (C=O) groups excluding carboxylic acids is 2. The number of benzene rings is 1. The van der Waals surface area contributed by atoms with Crippen molar-refractivity contribution in [2.24, 2.45) is 0 Å². The Morgan fingerprint density at radius 2 is 2.06 bits per heavy atom. The maximum Gasteiger partial charge on any atom is 0.341 e. The number of anilines is 1. The van der Waals surface area contributed by atoms with E-state index in [2.05, 4.69) is 20.1 Å². The Morgan fingerprint density at radius 3 is 2.74 bits per heavy atom. The molecule has 1 aliphatic carbocycles. The first kappa shape index (κ1) is 24.0. The first-order chi connectivity index (χ1) is 17.0. The number of thioether (sulfide) groups is 1. The fraction of sp³-hybridized carbons (Fsp3) is 0.417. The van der Waals surface area contributed by atoms with E-state index in [9.17, 15) is 14.0 Å². The van der Waals surface area contributed by atoms with E-state index in [0.717, 1.165) is 38.1 Å². The Morgan fingerprint density at radius 1 is 1.26 bits per heavy atom. The summed E-state index contributed by atoms with van der Waals surface area (Å²) in [6.45, 7) is 1.47. The zero-order valence-corrected chi connectivity index (χ0v) is 20.8. The molecule has 1 saturated carbocycles. The Kier molecular flexibility index (Phi) is 7.17. The second kappa shape index (κ2) is 10.5. The average molecular weight is 517 g/mol. The van der Waals surface area contributed by atoms with Gasteiger partial charge < -0.3 is 19.4 Å². The predicted molar refractivity (Wildman–Crippen MR) is 131 cm³/mol. The fourth-order valence-electron chi connectivity index (χ4n) is 4.10. The molecule has 3 heterocycles. The molecule has 184 valence electrons. The smallest absolute Gasteiger partial charge is 0.341 e. The molecule has 1 saturated heterocycles. The second-order valence-electron chi connectivity index (χ2n) is 8.55. The first-order valence-corrected chi connectivity index (χ1v) is 13.3. The summed E-state index contributed by atoms with van der Waals surface area (Å²) < 4.78 is 26.2. The van der Waals surface area contributed by atoms with Gasteiger partial charge in [-0.3, -0.25) is 4.79 Å². The molecular formula is C24H25FN4O4S2. The van der Waals surface area contributed by atoms with Crippen LogP contribution < -0.4 is 5.32 Å². The Labute approximate surface area is 210 Å². The van der Waals surface area contributed by atoms with Crippen LogP contribution in [0.3, 0.4) is 0 Å². The number of nitrogens with zero attached hydrogens (tertiary/aromatic N) is 3. The van der Waals surface area contributed by atoms with Gasteiger partial charge >= 0.3 is 5.97 Å². The van der Waals surface area contributed by atoms with Crippen LogP contribution in [-0.2, 0) is 20.8 Å². The van der Waals surface area contributed by atoms with Crippen molar-refractivity contribution in [3.05, 3.63) is 46.9 Å². The highest BCUT2D eigenvalue weighted by Crippen LogP contribution is 2.40. The Balaban J connectivity index is 1.29. The molecule has 1 N–H and O–H groups in total. The van der Waals surface area contributed by atoms with Crippen LogP contribution in [-0.4, -0.2) is 52.2 Å². The van der Waals surface area contributed by atoms with Gasteiger partial charge in [-0.15, -0.1) is 21.5 Å². The minimum absolute atomic E-state index is 0.110. The maximum atomic E-state index is 13.4. The SMILES string of the molecule is COC(=O)c1c(-c2ccc(F)cc2)csc1NC(=O)CSc1nnc(C2CC2)n1CC1CCCO1. The summed E-state index contributed by atoms with van der Waals surface area (Å²) in [5.74, 6) is 0.306. The van der Waals surface area contributed by atoms with E-state index in [1.54, 1.807) is 17.5 Å². The monoisotopic (exact) mass is 516 g/mol. The van der Waals surface area contributed by atoms with E-state index in [-0.39, 0.29) is 29.1 Å². The molecule has 1 unspecified atom stereocenters. The molecule has 35 heavy (non-hydrogen) atoms. The Bertz CT molecular complexity index is 1220. The van der Waals surface area contributed by atoms with Crippen LogP contribution in [0.15, 0.2) is 34.8 Å². The third-order valence-corrected chi connectivity index (χ3v) is 7.88. The van der Waals surface area contributed by atoms with Gasteiger partial charge in [-0.05, 0) is 43.4 Å². The molecule has 1 aromatic carbocycles. The average Bonchev–Trinajstić information content (AvgIpc) is 3.23. The number of hydrogen-bond donors (Lipinski definition) is 1. The molecular weight excluding hydrogens is 491 g/mol. The van der Waals surface area contributed by atoms with Crippen LogP contribution in [0.5, 0.6) is 0 Å². The zero-order chi connectivity index (χ0) is 24.4. The zero-order valence-electron chi connectivity index (χ0n) is 19.2. The maximum absolute atomic E-state index is 13.4. The molecule has 2 aromatic heterocycles. The van der Waals surface area contributed by atoms with Crippen molar-refractivity contribution in [3.8, 4) is 11.1 Å². The van der Waals surface area contributed by atoms with Crippen LogP contribution >= 0.6 is 23.1 Å². The molecule has 0 radical (unpaired) electrons. The Hall–Kier alpha value is -2.76. The van der Waals surface area contributed by atoms with Gasteiger partial charge in [0.2, 0.25) is 5.91 Å². The highest BCUT2D eigenvalue weighted by molar-refractivity contribution is 7.99. The molecule has 3 aromatic rings. The largest absolute Gasteiger partial charge is 0.465 e. The fourth-order valence-corrected chi connectivity index (χ4v) is 5.83. The second-order valence-corrected chi connectivity index (χ2v) is 10.4. The third-order valence-electron chi connectivity index (χ3n) is 6.02. The number of halogens is 1. The van der Waals surface area contributed by atoms with Crippen LogP contribution in [0.25, 0.3) is 11.1 Å². The standard InChI is InChI=1S/C24H25FN4O4S2/c1-32-23(31)20-18(14-6-8-16(25)9-7-14)12-34-22(20)26-19(30)13-35-24-28-27-21(15-4-5-15)29(24)11-17-3-2-10-33-17/h6-9,12,15,17H,2-5,10-11,13H2,1H3,(H,26,30). The molecule has 1 atom stereocenters. The van der Waals surface area contributed by atoms with Gasteiger partial charge in [0, 0.05) is 23.5 Å². The quantitative estimate of drug-likeness (QED) is 0.325. The lowest BCUT2D eigenvalue weighted by molar-refractivity contribution is -0.113. The lowest BCUT2D eigenvalue weighted by Crippen LogP contribution is -2.19. The summed E-state index contributed by atoms with van der Waals surface area (Å²) in [6, 6.07) is 5.82. The first-order valence-electron chi connectivity index (χ1n) is 11.5. The number of aromatic nitrogens is 3. The van der Waals surface area contributed by atoms with Gasteiger partial charge in [0.05, 0.1) is 25.5 Å². The summed E-state index contributed by atoms with van der Waals surface area (Å²) in [5, 5.41) is 14.4. The number of hydrogen-bond acceptors (Lipinski definition) is 8. The number of nitrogens with one attached hydrogen (secondary N) is 1. The van der Waals surface area contributed by atoms with Crippen molar-refractivity contribution in [1.82, 2.24) is 14.8 Å². The molecule has 1 amide bonds. The van der Waals surface area contributed by atoms with E-state index in [1.807, 2.05) is 0 Å². The van der Waals surface area contributed by atoms with Crippen LogP contribution in [0.4, 0.5) is 9.39 Å². The van der Waals surface area contributed by atoms with Gasteiger partial charge in [0.25, 0.3) is 0 Å². The number of rotatable bonds is 9. The lowest BCUT2D eigenvalue weighted by atomic mass is 10.0. The van der Waals surface area contributed by atoms with Gasteiger partial charge in [-0.25, -0.2) is 9.18 Å². The summed E-state index contributed by atoms with van der Waals surface area (Å²) in [7, 11) is 1.29. The number of carbonyl (C=O) groups is 2. The molecule has 8 nitrogen and oxygen atoms in total. The lowest BCUT2D eigenvalue weighted by Gasteiger charge is -2.14. The highest BCUT2D eigenvalue weighted by Gasteiger charge is 2.32. The summed E-state index contributed by atoms with van der Waals surface area (Å²) in [5.41, 5.74) is 1.49. The molecule has 1 aliphatic heterocycles. The van der Waals surface area contributed by atoms with Crippen molar-refractivity contribution in [2.45, 2.75) is 49.4 Å². The topological polar surface area (TPSA) is 95.3 Å². The van der Waals surface area contributed by atoms with E-state index in [1.165, 1.54) is 42.3 Å². The number of amides is 1. The number of thiophene rings is 1. The van der Waals surface area contributed by atoms with E-state index in [4.69, 9.17) is 9.47 Å². The minimum Gasteiger partial charge on any atom is -0.465 e. The van der Waals surface area contributed by atoms with Crippen LogP contribution in [0, 0.1) is 5.82 Å². The summed E-state index contributed by atoms with van der Waals surface area (Å²) >= 11 is 2.54. The van der Waals surface area contributed by atoms with Gasteiger partial charge in [0.1, 0.15) is 22.2 Å². The number of ether oxygens (including phenoxy) is 2. The van der Waals surface area contributed by atoms with Crippen LogP contribution in [0.2, 0.25) is 0 Å². The van der Waals surface area contributed by atoms with E-state index >= 15 is 0 Å². The summed E-state index contributed by atoms with van der Waals surface area (Å²) in [4.78, 5) is 25.4. The van der Waals surface area contributed by atoms with Crippen molar-refractivity contribution >= 4 is 40.0 Å². The van der Waals surface area contributed by atoms with Gasteiger partial charge in [-0.2, -0.15) is 0 Å². The van der Waals surface area contributed by atoms with Crippen molar-refractivity contribution < 1.29 is 23.5 Å². The minimum atomic E-state index is -0.570. The van der Waals surface area contributed by atoms with E-state index < -0.39 is 5.97 Å². The predicted octanol–water partition coefficient (Wildman–Crippen LogP) is 4.72. The normalized spacial score (nSPS) is 17.5. The molecule has 0 bridgehead atoms. The third kappa shape index (κ3) is 5.41. The van der Waals surface area contributed by atoms with Crippen molar-refractivity contribution in [3.63, 3.8) is 0 Å². The van der Waals surface area contributed by atoms with Crippen molar-refractivity contribution in [2.75, 3.05) is 24.8 Å². The highest BCUT2D eigenvalue weighted by atomic mass is 32.2.